The molecule has 0 aliphatic carbocycles. The van der Waals surface area contributed by atoms with E-state index in [9.17, 15) is 4.21 Å². The van der Waals surface area contributed by atoms with Crippen molar-refractivity contribution in [2.45, 2.75) is 30.6 Å². The molecule has 1 aromatic carbocycles. The fourth-order valence-corrected chi connectivity index (χ4v) is 3.71. The molecule has 7 heteroatoms. The average molecular weight is 371 g/mol. The van der Waals surface area contributed by atoms with Crippen molar-refractivity contribution in [3.8, 4) is 11.6 Å². The Bertz CT molecular complexity index is 1030. The standard InChI is InChI=1S/C19H21N3O3S/c1-13(2)26(20,23)15-6-4-5-14(11-15)12-25-17-8-10-21-18-16(17)7-9-22-19(18)24-3/h4-11,13,20H,12H2,1-3H3/t26-/m0/s1. The molecule has 0 saturated heterocycles. The Labute approximate surface area is 153 Å². The van der Waals surface area contributed by atoms with Crippen LogP contribution in [-0.4, -0.2) is 26.5 Å². The molecule has 1 N–H and O–H groups in total. The summed E-state index contributed by atoms with van der Waals surface area (Å²) in [6.07, 6.45) is 3.29. The first kappa shape index (κ1) is 18.1. The molecule has 0 fully saturated rings. The van der Waals surface area contributed by atoms with Crippen LogP contribution in [0.15, 0.2) is 53.7 Å². The van der Waals surface area contributed by atoms with Crippen molar-refractivity contribution in [1.29, 1.82) is 4.78 Å². The highest BCUT2D eigenvalue weighted by molar-refractivity contribution is 7.93. The summed E-state index contributed by atoms with van der Waals surface area (Å²) in [6, 6.07) is 10.8. The highest BCUT2D eigenvalue weighted by Crippen LogP contribution is 2.29. The molecule has 136 valence electrons. The maximum absolute atomic E-state index is 12.6. The Kier molecular flexibility index (Phi) is 5.08. The van der Waals surface area contributed by atoms with E-state index < -0.39 is 9.73 Å². The topological polar surface area (TPSA) is 85.2 Å². The second kappa shape index (κ2) is 7.29. The van der Waals surface area contributed by atoms with Gasteiger partial charge in [-0.1, -0.05) is 12.1 Å². The van der Waals surface area contributed by atoms with E-state index in [-0.39, 0.29) is 5.25 Å². The van der Waals surface area contributed by atoms with Gasteiger partial charge in [-0.15, -0.1) is 0 Å². The number of rotatable bonds is 6. The highest BCUT2D eigenvalue weighted by Gasteiger charge is 2.15. The van der Waals surface area contributed by atoms with Crippen molar-refractivity contribution in [1.82, 2.24) is 9.97 Å². The number of benzene rings is 1. The summed E-state index contributed by atoms with van der Waals surface area (Å²) in [7, 11) is -1.27. The number of hydrogen-bond donors (Lipinski definition) is 1. The summed E-state index contributed by atoms with van der Waals surface area (Å²) < 4.78 is 31.9. The van der Waals surface area contributed by atoms with E-state index in [1.165, 1.54) is 0 Å². The van der Waals surface area contributed by atoms with Crippen molar-refractivity contribution >= 4 is 20.6 Å². The molecule has 3 rings (SSSR count). The summed E-state index contributed by atoms with van der Waals surface area (Å²) in [6.45, 7) is 3.89. The van der Waals surface area contributed by atoms with Crippen LogP contribution in [0.3, 0.4) is 0 Å². The van der Waals surface area contributed by atoms with Crippen LogP contribution < -0.4 is 9.47 Å². The summed E-state index contributed by atoms with van der Waals surface area (Å²) in [5, 5.41) is 0.560. The average Bonchev–Trinajstić information content (AvgIpc) is 2.65. The molecule has 3 aromatic rings. The third-order valence-electron chi connectivity index (χ3n) is 4.09. The SMILES string of the molecule is COc1nccc2c(OCc3cccc([S@@](=N)(=O)C(C)C)c3)ccnc12. The Morgan fingerprint density at radius 1 is 1.15 bits per heavy atom. The molecule has 0 unspecified atom stereocenters. The van der Waals surface area contributed by atoms with Gasteiger partial charge >= 0.3 is 0 Å². The van der Waals surface area contributed by atoms with Crippen LogP contribution in [0.25, 0.3) is 10.9 Å². The van der Waals surface area contributed by atoms with E-state index in [0.717, 1.165) is 10.9 Å². The number of ether oxygens (including phenoxy) is 2. The number of aromatic nitrogens is 2. The molecule has 0 aliphatic heterocycles. The number of methoxy groups -OCH3 is 1. The van der Waals surface area contributed by atoms with E-state index in [0.29, 0.717) is 28.6 Å². The van der Waals surface area contributed by atoms with Crippen LogP contribution in [0.2, 0.25) is 0 Å². The van der Waals surface area contributed by atoms with Crippen LogP contribution in [0.4, 0.5) is 0 Å². The van der Waals surface area contributed by atoms with Gasteiger partial charge in [-0.3, -0.25) is 4.98 Å². The van der Waals surface area contributed by atoms with Gasteiger partial charge in [0.2, 0.25) is 5.88 Å². The molecule has 6 nitrogen and oxygen atoms in total. The Morgan fingerprint density at radius 3 is 2.65 bits per heavy atom. The van der Waals surface area contributed by atoms with Crippen molar-refractivity contribution in [3.05, 3.63) is 54.4 Å². The fourth-order valence-electron chi connectivity index (χ4n) is 2.56. The van der Waals surface area contributed by atoms with Crippen molar-refractivity contribution < 1.29 is 13.7 Å². The Hall–Kier alpha value is -2.67. The molecule has 0 radical (unpaired) electrons. The molecule has 0 aliphatic rings. The Morgan fingerprint density at radius 2 is 1.92 bits per heavy atom. The van der Waals surface area contributed by atoms with Gasteiger partial charge in [0, 0.05) is 27.9 Å². The normalized spacial score (nSPS) is 13.5. The lowest BCUT2D eigenvalue weighted by Gasteiger charge is -2.13. The maximum Gasteiger partial charge on any atom is 0.240 e. The van der Waals surface area contributed by atoms with E-state index >= 15 is 0 Å². The zero-order valence-electron chi connectivity index (χ0n) is 14.9. The summed E-state index contributed by atoms with van der Waals surface area (Å²) in [4.78, 5) is 8.98. The molecule has 0 amide bonds. The second-order valence-corrected chi connectivity index (χ2v) is 8.73. The van der Waals surface area contributed by atoms with Gasteiger partial charge in [-0.2, -0.15) is 0 Å². The minimum atomic E-state index is -2.82. The van der Waals surface area contributed by atoms with Gasteiger partial charge in [-0.05, 0) is 43.7 Å². The number of pyridine rings is 2. The predicted molar refractivity (Wildman–Crippen MR) is 101 cm³/mol. The van der Waals surface area contributed by atoms with Gasteiger partial charge in [0.15, 0.2) is 0 Å². The molecular weight excluding hydrogens is 350 g/mol. The van der Waals surface area contributed by atoms with Gasteiger partial charge < -0.3 is 9.47 Å². The summed E-state index contributed by atoms with van der Waals surface area (Å²) in [5.41, 5.74) is 1.49. The molecule has 0 saturated carbocycles. The first-order valence-electron chi connectivity index (χ1n) is 8.20. The minimum absolute atomic E-state index is 0.247. The first-order valence-corrected chi connectivity index (χ1v) is 9.82. The van der Waals surface area contributed by atoms with Crippen LogP contribution >= 0.6 is 0 Å². The van der Waals surface area contributed by atoms with E-state index in [1.54, 1.807) is 51.6 Å². The molecule has 0 spiro atoms. The minimum Gasteiger partial charge on any atom is -0.488 e. The second-order valence-electron chi connectivity index (χ2n) is 6.11. The molecule has 2 heterocycles. The lowest BCUT2D eigenvalue weighted by molar-refractivity contribution is 0.309. The lowest BCUT2D eigenvalue weighted by atomic mass is 10.2. The molecule has 0 bridgehead atoms. The van der Waals surface area contributed by atoms with E-state index in [2.05, 4.69) is 9.97 Å². The molecule has 2 aromatic heterocycles. The number of hydrogen-bond acceptors (Lipinski definition) is 6. The van der Waals surface area contributed by atoms with E-state index in [4.69, 9.17) is 14.3 Å². The van der Waals surface area contributed by atoms with Gasteiger partial charge in [-0.25, -0.2) is 14.0 Å². The molecule has 26 heavy (non-hydrogen) atoms. The zero-order chi connectivity index (χ0) is 18.7. The lowest BCUT2D eigenvalue weighted by Crippen LogP contribution is -2.12. The summed E-state index contributed by atoms with van der Waals surface area (Å²) in [5.74, 6) is 1.11. The van der Waals surface area contributed by atoms with Crippen molar-refractivity contribution in [2.75, 3.05) is 7.11 Å². The Balaban J connectivity index is 1.88. The quantitative estimate of drug-likeness (QED) is 0.707. The van der Waals surface area contributed by atoms with Crippen LogP contribution in [-0.2, 0) is 16.3 Å². The predicted octanol–water partition coefficient (Wildman–Crippen LogP) is 4.03. The van der Waals surface area contributed by atoms with Crippen LogP contribution in [0.1, 0.15) is 19.4 Å². The van der Waals surface area contributed by atoms with Crippen molar-refractivity contribution in [3.63, 3.8) is 0 Å². The number of fused-ring (bicyclic) bond motifs is 1. The fraction of sp³-hybridized carbons (Fsp3) is 0.263. The third kappa shape index (κ3) is 3.48. The van der Waals surface area contributed by atoms with E-state index in [1.807, 2.05) is 18.2 Å². The van der Waals surface area contributed by atoms with Gasteiger partial charge in [0.05, 0.1) is 16.8 Å². The zero-order valence-corrected chi connectivity index (χ0v) is 15.7. The first-order chi connectivity index (χ1) is 12.4. The van der Waals surface area contributed by atoms with Gasteiger partial charge in [0.25, 0.3) is 0 Å². The maximum atomic E-state index is 12.6. The number of nitrogens with one attached hydrogen (secondary N) is 1. The van der Waals surface area contributed by atoms with Gasteiger partial charge in [0.1, 0.15) is 17.9 Å². The highest BCUT2D eigenvalue weighted by atomic mass is 32.2. The van der Waals surface area contributed by atoms with Crippen LogP contribution in [0.5, 0.6) is 11.6 Å². The number of nitrogens with zero attached hydrogens (tertiary/aromatic N) is 2. The van der Waals surface area contributed by atoms with Crippen molar-refractivity contribution in [2.24, 2.45) is 0 Å². The third-order valence-corrected chi connectivity index (χ3v) is 6.37. The molecular formula is C19H21N3O3S. The largest absolute Gasteiger partial charge is 0.488 e. The monoisotopic (exact) mass is 371 g/mol. The molecule has 1 atom stereocenters. The summed E-state index contributed by atoms with van der Waals surface area (Å²) >= 11 is 0. The smallest absolute Gasteiger partial charge is 0.240 e. The van der Waals surface area contributed by atoms with Crippen LogP contribution in [0, 0.1) is 4.78 Å².